The highest BCUT2D eigenvalue weighted by molar-refractivity contribution is 7.93. The zero-order valence-corrected chi connectivity index (χ0v) is 18.3. The Hall–Kier alpha value is -3.79. The molecule has 4 aromatic rings. The Morgan fingerprint density at radius 1 is 1.22 bits per heavy atom. The van der Waals surface area contributed by atoms with Crippen molar-refractivity contribution in [2.45, 2.75) is 11.5 Å². The molecule has 2 N–H and O–H groups in total. The summed E-state index contributed by atoms with van der Waals surface area (Å²) in [6.07, 6.45) is 2.87. The number of aliphatic hydroxyl groups is 1. The van der Waals surface area contributed by atoms with Crippen LogP contribution in [0.2, 0.25) is 0 Å². The first-order valence-electron chi connectivity index (χ1n) is 9.15. The summed E-state index contributed by atoms with van der Waals surface area (Å²) >= 11 is 0.898. The number of hydrogen-bond donors (Lipinski definition) is 2. The van der Waals surface area contributed by atoms with Gasteiger partial charge in [-0.3, -0.25) is 9.40 Å². The van der Waals surface area contributed by atoms with Crippen molar-refractivity contribution in [3.8, 4) is 28.8 Å². The summed E-state index contributed by atoms with van der Waals surface area (Å²) in [5.41, 5.74) is 2.12. The molecule has 12 heteroatoms. The lowest BCUT2D eigenvalue weighted by atomic mass is 10.1. The topological polar surface area (TPSA) is 143 Å². The van der Waals surface area contributed by atoms with Crippen LogP contribution in [0.25, 0.3) is 11.3 Å². The lowest BCUT2D eigenvalue weighted by molar-refractivity contribution is 0.282. The number of nitrogens with one attached hydrogen (secondary N) is 1. The van der Waals surface area contributed by atoms with Crippen LogP contribution in [0.4, 0.5) is 5.13 Å². The third-order valence-corrected chi connectivity index (χ3v) is 6.55. The second-order valence-electron chi connectivity index (χ2n) is 6.55. The third-order valence-electron chi connectivity index (χ3n) is 4.51. The van der Waals surface area contributed by atoms with E-state index in [9.17, 15) is 18.8 Å². The number of nitriles is 1. The molecule has 10 nitrogen and oxygen atoms in total. The normalized spacial score (nSPS) is 11.2. The van der Waals surface area contributed by atoms with Crippen LogP contribution in [0.3, 0.4) is 0 Å². The molecule has 4 rings (SSSR count). The predicted molar refractivity (Wildman–Crippen MR) is 117 cm³/mol. The number of rotatable bonds is 7. The van der Waals surface area contributed by atoms with E-state index >= 15 is 0 Å². The number of ether oxygens (including phenoxy) is 1. The first kappa shape index (κ1) is 21.4. The van der Waals surface area contributed by atoms with Crippen LogP contribution in [0.1, 0.15) is 11.1 Å². The number of benzene rings is 2. The number of aryl methyl sites for hydroxylation is 1. The van der Waals surface area contributed by atoms with Gasteiger partial charge in [0.25, 0.3) is 10.0 Å². The molecule has 32 heavy (non-hydrogen) atoms. The molecule has 0 aliphatic rings. The molecule has 2 heterocycles. The zero-order chi connectivity index (χ0) is 22.7. The van der Waals surface area contributed by atoms with E-state index in [-0.39, 0.29) is 27.9 Å². The number of anilines is 1. The molecule has 0 fully saturated rings. The fourth-order valence-corrected chi connectivity index (χ4v) is 4.65. The SMILES string of the molecule is Cn1nccc1-c1cc(CO)ccc1Oc1ccc(S(=O)(=O)Nc2ncns2)cc1C#N. The Balaban J connectivity index is 1.70. The number of nitrogens with zero attached hydrogens (tertiary/aromatic N) is 5. The number of sulfonamides is 1. The molecule has 0 amide bonds. The van der Waals surface area contributed by atoms with Gasteiger partial charge in [-0.05, 0) is 42.0 Å². The van der Waals surface area contributed by atoms with E-state index in [1.807, 2.05) is 6.07 Å². The molecule has 0 atom stereocenters. The molecule has 0 aliphatic heterocycles. The fraction of sp³-hybridized carbons (Fsp3) is 0.100. The second-order valence-corrected chi connectivity index (χ2v) is 9.01. The van der Waals surface area contributed by atoms with Crippen molar-refractivity contribution in [3.05, 3.63) is 66.1 Å². The summed E-state index contributed by atoms with van der Waals surface area (Å²) in [6, 6.07) is 12.9. The maximum Gasteiger partial charge on any atom is 0.263 e. The van der Waals surface area contributed by atoms with Gasteiger partial charge < -0.3 is 9.84 Å². The Kier molecular flexibility index (Phi) is 5.87. The molecule has 0 spiro atoms. The summed E-state index contributed by atoms with van der Waals surface area (Å²) in [7, 11) is -2.18. The standard InChI is InChI=1S/C20H16N6O4S2/c1-26-17(6-7-23-26)16-8-13(11-27)2-4-19(16)30-18-5-3-15(9-14(18)10-21)32(28,29)25-20-22-12-24-31-20/h2-9,12,27H,11H2,1H3,(H,22,24,25). The highest BCUT2D eigenvalue weighted by atomic mass is 32.2. The van der Waals surface area contributed by atoms with Crippen molar-refractivity contribution in [2.24, 2.45) is 7.05 Å². The van der Waals surface area contributed by atoms with E-state index in [4.69, 9.17) is 4.74 Å². The van der Waals surface area contributed by atoms with Gasteiger partial charge in [0.1, 0.15) is 23.9 Å². The van der Waals surface area contributed by atoms with Crippen molar-refractivity contribution in [2.75, 3.05) is 4.72 Å². The van der Waals surface area contributed by atoms with Crippen LogP contribution in [0.15, 0.2) is 59.9 Å². The highest BCUT2D eigenvalue weighted by Gasteiger charge is 2.20. The van der Waals surface area contributed by atoms with Crippen molar-refractivity contribution in [1.29, 1.82) is 5.26 Å². The molecule has 0 aliphatic carbocycles. The van der Waals surface area contributed by atoms with Crippen molar-refractivity contribution in [1.82, 2.24) is 19.1 Å². The molecule has 2 aromatic heterocycles. The third kappa shape index (κ3) is 4.30. The van der Waals surface area contributed by atoms with Crippen LogP contribution in [0, 0.1) is 11.3 Å². The fourth-order valence-electron chi connectivity index (χ4n) is 2.97. The summed E-state index contributed by atoms with van der Waals surface area (Å²) in [4.78, 5) is 3.69. The first-order chi connectivity index (χ1) is 15.4. The van der Waals surface area contributed by atoms with Gasteiger partial charge >= 0.3 is 0 Å². The molecular weight excluding hydrogens is 452 g/mol. The van der Waals surface area contributed by atoms with Gasteiger partial charge in [0.05, 0.1) is 22.8 Å². The Morgan fingerprint density at radius 2 is 2.03 bits per heavy atom. The summed E-state index contributed by atoms with van der Waals surface area (Å²) in [6.45, 7) is -0.150. The molecular formula is C20H16N6O4S2. The van der Waals surface area contributed by atoms with Gasteiger partial charge in [0.15, 0.2) is 0 Å². The van der Waals surface area contributed by atoms with Gasteiger partial charge in [-0.1, -0.05) is 6.07 Å². The quantitative estimate of drug-likeness (QED) is 0.421. The van der Waals surface area contributed by atoms with E-state index in [0.29, 0.717) is 16.9 Å². The van der Waals surface area contributed by atoms with E-state index in [1.165, 1.54) is 24.5 Å². The van der Waals surface area contributed by atoms with Gasteiger partial charge in [-0.25, -0.2) is 13.4 Å². The lowest BCUT2D eigenvalue weighted by Gasteiger charge is -2.14. The van der Waals surface area contributed by atoms with E-state index in [2.05, 4.69) is 19.2 Å². The maximum absolute atomic E-state index is 12.6. The number of aromatic nitrogens is 4. The monoisotopic (exact) mass is 468 g/mol. The molecule has 0 saturated heterocycles. The van der Waals surface area contributed by atoms with Crippen LogP contribution in [-0.4, -0.2) is 32.7 Å². The van der Waals surface area contributed by atoms with E-state index in [1.54, 1.807) is 42.2 Å². The van der Waals surface area contributed by atoms with Crippen LogP contribution < -0.4 is 9.46 Å². The van der Waals surface area contributed by atoms with Gasteiger partial charge in [0.2, 0.25) is 5.13 Å². The van der Waals surface area contributed by atoms with Crippen LogP contribution >= 0.6 is 11.5 Å². The van der Waals surface area contributed by atoms with Gasteiger partial charge in [-0.15, -0.1) is 0 Å². The van der Waals surface area contributed by atoms with Crippen molar-refractivity contribution in [3.63, 3.8) is 0 Å². The molecule has 0 unspecified atom stereocenters. The smallest absolute Gasteiger partial charge is 0.263 e. The van der Waals surface area contributed by atoms with E-state index < -0.39 is 10.0 Å². The minimum Gasteiger partial charge on any atom is -0.455 e. The highest BCUT2D eigenvalue weighted by Crippen LogP contribution is 2.36. The minimum atomic E-state index is -3.95. The zero-order valence-electron chi connectivity index (χ0n) is 16.6. The molecule has 162 valence electrons. The Bertz CT molecular complexity index is 1410. The molecule has 2 aromatic carbocycles. The Morgan fingerprint density at radius 3 is 2.69 bits per heavy atom. The maximum atomic E-state index is 12.6. The summed E-state index contributed by atoms with van der Waals surface area (Å²) < 4.78 is 38.9. The summed E-state index contributed by atoms with van der Waals surface area (Å²) in [5.74, 6) is 0.604. The molecule has 0 saturated carbocycles. The average molecular weight is 469 g/mol. The number of hydrogen-bond acceptors (Lipinski definition) is 9. The van der Waals surface area contributed by atoms with Gasteiger partial charge in [0, 0.05) is 30.3 Å². The predicted octanol–water partition coefficient (Wildman–Crippen LogP) is 2.90. The van der Waals surface area contributed by atoms with Crippen molar-refractivity contribution >= 4 is 26.7 Å². The number of aliphatic hydroxyl groups excluding tert-OH is 1. The van der Waals surface area contributed by atoms with Gasteiger partial charge in [-0.2, -0.15) is 14.7 Å². The minimum absolute atomic E-state index is 0.0346. The summed E-state index contributed by atoms with van der Waals surface area (Å²) in [5, 5.41) is 23.4. The average Bonchev–Trinajstić information content (AvgIpc) is 3.45. The molecule has 0 bridgehead atoms. The molecule has 0 radical (unpaired) electrons. The van der Waals surface area contributed by atoms with Crippen LogP contribution in [0.5, 0.6) is 11.5 Å². The van der Waals surface area contributed by atoms with Crippen LogP contribution in [-0.2, 0) is 23.7 Å². The lowest BCUT2D eigenvalue weighted by Crippen LogP contribution is -2.13. The second kappa shape index (κ2) is 8.75. The largest absolute Gasteiger partial charge is 0.455 e. The first-order valence-corrected chi connectivity index (χ1v) is 11.4. The van der Waals surface area contributed by atoms with E-state index in [0.717, 1.165) is 17.2 Å². The Labute approximate surface area is 187 Å². The van der Waals surface area contributed by atoms with Crippen molar-refractivity contribution < 1.29 is 18.3 Å².